The molecule has 1 N–H and O–H groups in total. The maximum Gasteiger partial charge on any atom is 0.338 e. The highest BCUT2D eigenvalue weighted by Crippen LogP contribution is 2.24. The van der Waals surface area contributed by atoms with Crippen molar-refractivity contribution in [3.63, 3.8) is 0 Å². The Kier molecular flexibility index (Phi) is 6.65. The molecule has 0 saturated carbocycles. The molecule has 9 heteroatoms. The van der Waals surface area contributed by atoms with E-state index in [9.17, 15) is 19.2 Å². The van der Waals surface area contributed by atoms with Gasteiger partial charge < -0.3 is 10.1 Å². The van der Waals surface area contributed by atoms with Crippen LogP contribution in [0.1, 0.15) is 47.3 Å². The van der Waals surface area contributed by atoms with Gasteiger partial charge in [0.2, 0.25) is 5.91 Å². The number of imide groups is 1. The lowest BCUT2D eigenvalue weighted by molar-refractivity contribution is -0.115. The van der Waals surface area contributed by atoms with E-state index in [4.69, 9.17) is 4.74 Å². The third kappa shape index (κ3) is 4.94. The number of fused-ring (bicyclic) bond motifs is 1. The molecule has 2 aromatic carbocycles. The van der Waals surface area contributed by atoms with Crippen LogP contribution in [0.2, 0.25) is 0 Å². The number of amides is 3. The minimum absolute atomic E-state index is 0.0819. The number of hydrogen-bond acceptors (Lipinski definition) is 7. The first kappa shape index (κ1) is 23.1. The van der Waals surface area contributed by atoms with Gasteiger partial charge in [-0.1, -0.05) is 23.8 Å². The van der Waals surface area contributed by atoms with Crippen molar-refractivity contribution in [2.75, 3.05) is 11.9 Å². The third-order valence-electron chi connectivity index (χ3n) is 5.12. The van der Waals surface area contributed by atoms with Crippen LogP contribution in [0.5, 0.6) is 0 Å². The number of carbonyl (C=O) groups excluding carboxylic acids is 4. The minimum Gasteiger partial charge on any atom is -0.456 e. The monoisotopic (exact) mass is 475 g/mol. The molecule has 0 aliphatic carbocycles. The van der Waals surface area contributed by atoms with Crippen LogP contribution in [0.25, 0.3) is 0 Å². The fraction of sp³-hybridized carbons (Fsp3) is 0.160. The van der Waals surface area contributed by atoms with Crippen molar-refractivity contribution in [1.82, 2.24) is 9.88 Å². The van der Waals surface area contributed by atoms with Crippen LogP contribution in [-0.4, -0.2) is 40.1 Å². The molecule has 172 valence electrons. The summed E-state index contributed by atoms with van der Waals surface area (Å²) in [6.45, 7) is 5.53. The number of aromatic nitrogens is 1. The van der Waals surface area contributed by atoms with E-state index in [-0.39, 0.29) is 42.2 Å². The third-order valence-corrected chi connectivity index (χ3v) is 6.01. The average molecular weight is 476 g/mol. The van der Waals surface area contributed by atoms with E-state index >= 15 is 0 Å². The molecule has 2 heterocycles. The fourth-order valence-corrected chi connectivity index (χ4v) is 4.19. The molecule has 8 nitrogen and oxygen atoms in total. The van der Waals surface area contributed by atoms with Gasteiger partial charge in [0.1, 0.15) is 11.6 Å². The number of carbonyl (C=O) groups is 4. The molecule has 0 fully saturated rings. The molecule has 0 radical (unpaired) electrons. The number of hydrogen-bond donors (Lipinski definition) is 1. The molecule has 34 heavy (non-hydrogen) atoms. The van der Waals surface area contributed by atoms with Gasteiger partial charge in [-0.05, 0) is 37.3 Å². The largest absolute Gasteiger partial charge is 0.456 e. The first-order valence-corrected chi connectivity index (χ1v) is 11.3. The summed E-state index contributed by atoms with van der Waals surface area (Å²) < 4.78 is 5.31. The Morgan fingerprint density at radius 2 is 1.85 bits per heavy atom. The van der Waals surface area contributed by atoms with Crippen LogP contribution in [0.15, 0.2) is 60.5 Å². The van der Waals surface area contributed by atoms with Gasteiger partial charge in [0.25, 0.3) is 11.8 Å². The predicted octanol–water partition coefficient (Wildman–Crippen LogP) is 3.77. The van der Waals surface area contributed by atoms with Gasteiger partial charge in [0, 0.05) is 17.6 Å². The van der Waals surface area contributed by atoms with Crippen LogP contribution in [0.3, 0.4) is 0 Å². The first-order valence-electron chi connectivity index (χ1n) is 10.4. The summed E-state index contributed by atoms with van der Waals surface area (Å²) >= 11 is 1.30. The Bertz CT molecular complexity index is 1300. The van der Waals surface area contributed by atoms with Crippen molar-refractivity contribution in [2.24, 2.45) is 0 Å². The van der Waals surface area contributed by atoms with Gasteiger partial charge in [-0.2, -0.15) is 0 Å². The smallest absolute Gasteiger partial charge is 0.338 e. The Morgan fingerprint density at radius 1 is 1.12 bits per heavy atom. The van der Waals surface area contributed by atoms with Crippen LogP contribution in [0.4, 0.5) is 5.69 Å². The van der Waals surface area contributed by atoms with E-state index in [2.05, 4.69) is 16.9 Å². The maximum absolute atomic E-state index is 12.5. The fourth-order valence-electron chi connectivity index (χ4n) is 3.41. The highest BCUT2D eigenvalue weighted by Gasteiger charge is 2.35. The second-order valence-electron chi connectivity index (χ2n) is 7.67. The molecular weight excluding hydrogens is 454 g/mol. The second-order valence-corrected chi connectivity index (χ2v) is 8.61. The van der Waals surface area contributed by atoms with Crippen LogP contribution < -0.4 is 5.32 Å². The van der Waals surface area contributed by atoms with Crippen LogP contribution in [0, 0.1) is 6.92 Å². The highest BCUT2D eigenvalue weighted by atomic mass is 32.1. The number of rotatable bonds is 8. The van der Waals surface area contributed by atoms with Crippen molar-refractivity contribution < 1.29 is 23.9 Å². The second kappa shape index (κ2) is 9.80. The highest BCUT2D eigenvalue weighted by molar-refractivity contribution is 7.09. The Hall–Kier alpha value is -4.11. The van der Waals surface area contributed by atoms with E-state index in [0.29, 0.717) is 16.4 Å². The summed E-state index contributed by atoms with van der Waals surface area (Å²) in [6.07, 6.45) is 1.57. The van der Waals surface area contributed by atoms with E-state index < -0.39 is 17.8 Å². The molecule has 3 amide bonds. The number of nitrogens with one attached hydrogen (secondary N) is 1. The molecule has 4 rings (SSSR count). The van der Waals surface area contributed by atoms with Gasteiger partial charge in [-0.3, -0.25) is 19.3 Å². The molecule has 0 bridgehead atoms. The van der Waals surface area contributed by atoms with E-state index in [1.807, 2.05) is 31.2 Å². The Balaban J connectivity index is 1.33. The zero-order valence-electron chi connectivity index (χ0n) is 18.4. The molecule has 0 unspecified atom stereocenters. The summed E-state index contributed by atoms with van der Waals surface area (Å²) in [5.74, 6) is -1.72. The summed E-state index contributed by atoms with van der Waals surface area (Å²) in [7, 11) is 0. The van der Waals surface area contributed by atoms with E-state index in [1.54, 1.807) is 5.38 Å². The molecule has 1 aliphatic rings. The van der Waals surface area contributed by atoms with Crippen molar-refractivity contribution in [3.8, 4) is 0 Å². The standard InChI is InChI=1S/C25H21N3O5S/c1-3-10-28-23(30)19-9-6-16(11-20(19)24(28)31)25(32)33-13-18-14-34-22(27-18)12-21(29)26-17-7-4-15(2)5-8-17/h3-9,11,14H,1,10,12-13H2,2H3,(H,26,29). The summed E-state index contributed by atoms with van der Waals surface area (Å²) in [6, 6.07) is 11.8. The maximum atomic E-state index is 12.5. The lowest BCUT2D eigenvalue weighted by Crippen LogP contribution is -2.29. The van der Waals surface area contributed by atoms with E-state index in [0.717, 1.165) is 10.5 Å². The van der Waals surface area contributed by atoms with Gasteiger partial charge in [-0.25, -0.2) is 9.78 Å². The van der Waals surface area contributed by atoms with Gasteiger partial charge in [0.05, 0.1) is 28.8 Å². The quantitative estimate of drug-likeness (QED) is 0.302. The summed E-state index contributed by atoms with van der Waals surface area (Å²) in [5, 5.41) is 5.14. The topological polar surface area (TPSA) is 106 Å². The number of ether oxygens (including phenoxy) is 1. The lowest BCUT2D eigenvalue weighted by atomic mass is 10.1. The van der Waals surface area contributed by atoms with Gasteiger partial charge >= 0.3 is 5.97 Å². The summed E-state index contributed by atoms with van der Waals surface area (Å²) in [5.41, 5.74) is 2.90. The van der Waals surface area contributed by atoms with Gasteiger partial charge in [-0.15, -0.1) is 17.9 Å². The number of nitrogens with zero attached hydrogens (tertiary/aromatic N) is 2. The van der Waals surface area contributed by atoms with E-state index in [1.165, 1.54) is 35.6 Å². The molecular formula is C25H21N3O5S. The molecule has 3 aromatic rings. The Labute approximate surface area is 199 Å². The summed E-state index contributed by atoms with van der Waals surface area (Å²) in [4.78, 5) is 54.9. The molecule has 0 spiro atoms. The molecule has 0 saturated heterocycles. The number of esters is 1. The van der Waals surface area contributed by atoms with Crippen molar-refractivity contribution in [2.45, 2.75) is 20.0 Å². The van der Waals surface area contributed by atoms with Crippen molar-refractivity contribution in [3.05, 3.63) is 93.5 Å². The SMILES string of the molecule is C=CCN1C(=O)c2ccc(C(=O)OCc3csc(CC(=O)Nc4ccc(C)cc4)n3)cc2C1=O. The molecule has 1 aliphatic heterocycles. The average Bonchev–Trinajstić information content (AvgIpc) is 3.36. The number of aryl methyl sites for hydroxylation is 1. The predicted molar refractivity (Wildman–Crippen MR) is 127 cm³/mol. The molecule has 0 atom stereocenters. The zero-order valence-corrected chi connectivity index (χ0v) is 19.2. The number of thiazole rings is 1. The normalized spacial score (nSPS) is 12.4. The van der Waals surface area contributed by atoms with Crippen molar-refractivity contribution >= 4 is 40.7 Å². The number of anilines is 1. The number of benzene rings is 2. The van der Waals surface area contributed by atoms with Gasteiger partial charge in [0.15, 0.2) is 0 Å². The molecule has 1 aromatic heterocycles. The van der Waals surface area contributed by atoms with Crippen LogP contribution in [-0.2, 0) is 22.6 Å². The Morgan fingerprint density at radius 3 is 2.59 bits per heavy atom. The van der Waals surface area contributed by atoms with Crippen LogP contribution >= 0.6 is 11.3 Å². The first-order chi connectivity index (χ1) is 16.4. The minimum atomic E-state index is -0.642. The van der Waals surface area contributed by atoms with Crippen molar-refractivity contribution in [1.29, 1.82) is 0 Å². The lowest BCUT2D eigenvalue weighted by Gasteiger charge is -2.09. The zero-order chi connectivity index (χ0) is 24.2.